The second-order valence-corrected chi connectivity index (χ2v) is 11.1. The van der Waals surface area contributed by atoms with Crippen molar-refractivity contribution in [1.29, 1.82) is 0 Å². The van der Waals surface area contributed by atoms with Gasteiger partial charge in [-0.2, -0.15) is 0 Å². The van der Waals surface area contributed by atoms with E-state index in [9.17, 15) is 0 Å². The van der Waals surface area contributed by atoms with Crippen LogP contribution in [0, 0.1) is 12.3 Å². The van der Waals surface area contributed by atoms with Crippen molar-refractivity contribution in [1.82, 2.24) is 14.5 Å². The van der Waals surface area contributed by atoms with Gasteiger partial charge in [0.25, 0.3) is 6.02 Å². The summed E-state index contributed by atoms with van der Waals surface area (Å²) in [5.74, 6) is 3.08. The van der Waals surface area contributed by atoms with Gasteiger partial charge in [0, 0.05) is 34.5 Å². The number of hydrogen-bond acceptors (Lipinski definition) is 8. The molecule has 2 N–H and O–H groups in total. The van der Waals surface area contributed by atoms with Crippen molar-refractivity contribution in [2.24, 2.45) is 16.1 Å². The first kappa shape index (κ1) is 22.6. The molecule has 1 spiro atoms. The molecule has 4 aromatic rings. The summed E-state index contributed by atoms with van der Waals surface area (Å²) in [5, 5.41) is 2.91. The summed E-state index contributed by atoms with van der Waals surface area (Å²) in [6.45, 7) is 9.25. The van der Waals surface area contributed by atoms with Crippen LogP contribution in [0.3, 0.4) is 0 Å². The van der Waals surface area contributed by atoms with E-state index < -0.39 is 5.54 Å². The molecule has 2 aliphatic rings. The SMILES string of the molecule is Cc1nccn1-c1nc(-c2ccc3c(c2)[C@@]2(COC(N)=N2)c2cc(OCC(C)(C)C)ccc2O3)cs1. The van der Waals surface area contributed by atoms with Gasteiger partial charge in [0.2, 0.25) is 0 Å². The van der Waals surface area contributed by atoms with Crippen LogP contribution in [0.15, 0.2) is 59.2 Å². The number of imidazole rings is 1. The zero-order valence-electron chi connectivity index (χ0n) is 20.6. The molecule has 184 valence electrons. The zero-order chi connectivity index (χ0) is 25.1. The number of benzene rings is 2. The lowest BCUT2D eigenvalue weighted by atomic mass is 9.80. The average Bonchev–Trinajstić information content (AvgIpc) is 3.58. The molecule has 9 heteroatoms. The summed E-state index contributed by atoms with van der Waals surface area (Å²) in [7, 11) is 0. The summed E-state index contributed by atoms with van der Waals surface area (Å²) >= 11 is 1.57. The van der Waals surface area contributed by atoms with E-state index in [-0.39, 0.29) is 18.0 Å². The third-order valence-electron chi connectivity index (χ3n) is 6.26. The fourth-order valence-electron chi connectivity index (χ4n) is 4.47. The molecule has 0 saturated heterocycles. The second kappa shape index (κ2) is 8.09. The van der Waals surface area contributed by atoms with E-state index in [2.05, 4.69) is 31.8 Å². The molecular formula is C27H27N5O3S. The van der Waals surface area contributed by atoms with Crippen LogP contribution in [-0.4, -0.2) is 33.8 Å². The fraction of sp³-hybridized carbons (Fsp3) is 0.296. The Kier molecular flexibility index (Phi) is 5.08. The summed E-state index contributed by atoms with van der Waals surface area (Å²) < 4.78 is 20.1. The van der Waals surface area contributed by atoms with Crippen LogP contribution < -0.4 is 15.2 Å². The minimum atomic E-state index is -0.829. The van der Waals surface area contributed by atoms with E-state index in [0.717, 1.165) is 44.8 Å². The molecule has 2 aromatic heterocycles. The number of aliphatic imine (C=N–C) groups is 1. The molecule has 0 amide bonds. The summed E-state index contributed by atoms with van der Waals surface area (Å²) in [6, 6.07) is 12.1. The monoisotopic (exact) mass is 501 g/mol. The first-order chi connectivity index (χ1) is 17.2. The first-order valence-electron chi connectivity index (χ1n) is 11.8. The van der Waals surface area contributed by atoms with Crippen LogP contribution in [0.5, 0.6) is 17.2 Å². The number of fused-ring (bicyclic) bond motifs is 4. The molecule has 2 aromatic carbocycles. The van der Waals surface area contributed by atoms with Crippen LogP contribution in [0.4, 0.5) is 0 Å². The first-order valence-corrected chi connectivity index (χ1v) is 12.6. The Morgan fingerprint density at radius 2 is 1.92 bits per heavy atom. The number of ether oxygens (including phenoxy) is 3. The van der Waals surface area contributed by atoms with E-state index in [4.69, 9.17) is 29.9 Å². The molecule has 0 aliphatic carbocycles. The predicted molar refractivity (Wildman–Crippen MR) is 139 cm³/mol. The van der Waals surface area contributed by atoms with Gasteiger partial charge >= 0.3 is 0 Å². The van der Waals surface area contributed by atoms with Crippen LogP contribution in [0.1, 0.15) is 37.7 Å². The van der Waals surface area contributed by atoms with Crippen LogP contribution in [0.2, 0.25) is 0 Å². The molecule has 2 aliphatic heterocycles. The van der Waals surface area contributed by atoms with Gasteiger partial charge in [-0.25, -0.2) is 15.0 Å². The number of nitrogens with two attached hydrogens (primary N) is 1. The van der Waals surface area contributed by atoms with Gasteiger partial charge in [-0.05, 0) is 48.7 Å². The standard InChI is InChI=1S/C27H27N5O3S/c1-16-29-9-10-32(16)25-30-21(13-36-25)17-5-7-22-19(11-17)27(15-34-24(28)31-27)20-12-18(6-8-23(20)35-22)33-14-26(2,3)4/h5-13H,14-15H2,1-4H3,(H2,28,31)/t27-/m0/s1. The highest BCUT2D eigenvalue weighted by molar-refractivity contribution is 7.12. The van der Waals surface area contributed by atoms with Gasteiger partial charge < -0.3 is 19.9 Å². The molecule has 4 heterocycles. The molecule has 1 atom stereocenters. The highest BCUT2D eigenvalue weighted by atomic mass is 32.1. The Balaban J connectivity index is 1.42. The average molecular weight is 502 g/mol. The van der Waals surface area contributed by atoms with Crippen molar-refractivity contribution in [3.8, 4) is 33.6 Å². The zero-order valence-corrected chi connectivity index (χ0v) is 21.4. The molecular weight excluding hydrogens is 474 g/mol. The molecule has 0 radical (unpaired) electrons. The number of rotatable bonds is 4. The van der Waals surface area contributed by atoms with Crippen molar-refractivity contribution in [3.05, 3.63) is 71.1 Å². The minimum absolute atomic E-state index is 0.0340. The molecule has 36 heavy (non-hydrogen) atoms. The lowest BCUT2D eigenvalue weighted by Crippen LogP contribution is -2.31. The normalized spacial score (nSPS) is 18.3. The molecule has 0 unspecified atom stereocenters. The van der Waals surface area contributed by atoms with E-state index in [1.54, 1.807) is 17.5 Å². The Labute approximate surface area is 213 Å². The van der Waals surface area contributed by atoms with Crippen molar-refractivity contribution in [3.63, 3.8) is 0 Å². The predicted octanol–water partition coefficient (Wildman–Crippen LogP) is 5.42. The smallest absolute Gasteiger partial charge is 0.283 e. The van der Waals surface area contributed by atoms with Crippen molar-refractivity contribution in [2.45, 2.75) is 33.2 Å². The number of nitrogens with zero attached hydrogens (tertiary/aromatic N) is 4. The molecule has 0 bridgehead atoms. The summed E-state index contributed by atoms with van der Waals surface area (Å²) in [6.07, 6.45) is 3.69. The van der Waals surface area contributed by atoms with Gasteiger partial charge in [-0.1, -0.05) is 20.8 Å². The highest BCUT2D eigenvalue weighted by Gasteiger charge is 2.47. The van der Waals surface area contributed by atoms with Gasteiger partial charge in [0.05, 0.1) is 12.3 Å². The largest absolute Gasteiger partial charge is 0.493 e. The topological polar surface area (TPSA) is 96.8 Å². The quantitative estimate of drug-likeness (QED) is 0.401. The minimum Gasteiger partial charge on any atom is -0.493 e. The summed E-state index contributed by atoms with van der Waals surface area (Å²) in [4.78, 5) is 14.0. The fourth-order valence-corrected chi connectivity index (χ4v) is 5.33. The Hall–Kier alpha value is -3.85. The summed E-state index contributed by atoms with van der Waals surface area (Å²) in [5.41, 5.74) is 8.85. The van der Waals surface area contributed by atoms with Crippen LogP contribution in [-0.2, 0) is 10.3 Å². The Bertz CT molecular complexity index is 1500. The third-order valence-corrected chi connectivity index (χ3v) is 7.10. The Morgan fingerprint density at radius 1 is 1.14 bits per heavy atom. The van der Waals surface area contributed by atoms with E-state index in [0.29, 0.717) is 12.4 Å². The number of aromatic nitrogens is 3. The van der Waals surface area contributed by atoms with E-state index in [1.807, 2.05) is 53.4 Å². The highest BCUT2D eigenvalue weighted by Crippen LogP contribution is 2.52. The van der Waals surface area contributed by atoms with Crippen LogP contribution in [0.25, 0.3) is 16.4 Å². The van der Waals surface area contributed by atoms with Crippen molar-refractivity contribution < 1.29 is 14.2 Å². The van der Waals surface area contributed by atoms with E-state index >= 15 is 0 Å². The van der Waals surface area contributed by atoms with Crippen molar-refractivity contribution >= 4 is 17.4 Å². The lowest BCUT2D eigenvalue weighted by molar-refractivity contribution is 0.197. The Morgan fingerprint density at radius 3 is 2.61 bits per heavy atom. The number of hydrogen-bond donors (Lipinski definition) is 1. The third kappa shape index (κ3) is 3.80. The van der Waals surface area contributed by atoms with Gasteiger partial charge in [-0.3, -0.25) is 4.57 Å². The maximum absolute atomic E-state index is 6.32. The van der Waals surface area contributed by atoms with Crippen molar-refractivity contribution in [2.75, 3.05) is 13.2 Å². The molecule has 8 nitrogen and oxygen atoms in total. The molecule has 0 saturated carbocycles. The maximum Gasteiger partial charge on any atom is 0.283 e. The number of thiazole rings is 1. The molecule has 0 fully saturated rings. The second-order valence-electron chi connectivity index (χ2n) is 10.3. The molecule has 6 rings (SSSR count). The van der Waals surface area contributed by atoms with E-state index in [1.165, 1.54) is 0 Å². The number of amidine groups is 1. The lowest BCUT2D eigenvalue weighted by Gasteiger charge is -2.34. The maximum atomic E-state index is 6.32. The van der Waals surface area contributed by atoms with Gasteiger partial charge in [-0.15, -0.1) is 11.3 Å². The number of aryl methyl sites for hydroxylation is 1. The van der Waals surface area contributed by atoms with Crippen LogP contribution >= 0.6 is 11.3 Å². The van der Waals surface area contributed by atoms with Gasteiger partial charge in [0.15, 0.2) is 10.7 Å². The van der Waals surface area contributed by atoms with Gasteiger partial charge in [0.1, 0.15) is 29.7 Å².